The molecule has 2 aromatic rings. The molecule has 0 saturated heterocycles. The molecule has 2 aromatic carbocycles. The molecular formula is C16H15ClN2O4. The third-order valence-electron chi connectivity index (χ3n) is 3.27. The highest BCUT2D eigenvalue weighted by Gasteiger charge is 2.14. The van der Waals surface area contributed by atoms with Crippen molar-refractivity contribution >= 4 is 23.2 Å². The molecule has 0 saturated carbocycles. The minimum Gasteiger partial charge on any atom is -0.497 e. The number of nitro groups is 1. The number of nitrogens with zero attached hydrogens (tertiary/aromatic N) is 1. The maximum Gasteiger partial charge on any atom is 0.270 e. The van der Waals surface area contributed by atoms with Crippen LogP contribution in [0.15, 0.2) is 42.5 Å². The summed E-state index contributed by atoms with van der Waals surface area (Å²) in [5, 5.41) is 13.4. The summed E-state index contributed by atoms with van der Waals surface area (Å²) in [7, 11) is 1.60. The molecule has 7 heteroatoms. The Hall–Kier alpha value is -2.60. The van der Waals surface area contributed by atoms with Crippen LogP contribution in [0.1, 0.15) is 15.9 Å². The average molecular weight is 335 g/mol. The van der Waals surface area contributed by atoms with Crippen LogP contribution in [-0.4, -0.2) is 24.5 Å². The Balaban J connectivity index is 1.92. The van der Waals surface area contributed by atoms with E-state index >= 15 is 0 Å². The Morgan fingerprint density at radius 3 is 2.52 bits per heavy atom. The first-order valence-electron chi connectivity index (χ1n) is 6.86. The molecule has 0 aliphatic rings. The van der Waals surface area contributed by atoms with Crippen LogP contribution < -0.4 is 10.1 Å². The molecule has 120 valence electrons. The minimum absolute atomic E-state index is 0.0566. The molecular weight excluding hydrogens is 320 g/mol. The number of rotatable bonds is 6. The van der Waals surface area contributed by atoms with E-state index < -0.39 is 4.92 Å². The summed E-state index contributed by atoms with van der Waals surface area (Å²) in [6.07, 6.45) is 0.653. The second kappa shape index (κ2) is 7.60. The summed E-state index contributed by atoms with van der Waals surface area (Å²) >= 11 is 5.92. The topological polar surface area (TPSA) is 81.5 Å². The van der Waals surface area contributed by atoms with Crippen molar-refractivity contribution in [3.8, 4) is 5.75 Å². The molecule has 1 amide bonds. The Bertz CT molecular complexity index is 717. The number of carbonyl (C=O) groups is 1. The standard InChI is InChI=1S/C16H15ClN2O4/c1-23-13-5-2-11(3-6-13)8-9-18-16(20)14-7-4-12(19(21)22)10-15(14)17/h2-7,10H,8-9H2,1H3,(H,18,20). The summed E-state index contributed by atoms with van der Waals surface area (Å²) in [6, 6.07) is 11.3. The number of benzene rings is 2. The van der Waals surface area contributed by atoms with Gasteiger partial charge in [0.2, 0.25) is 0 Å². The number of nitrogens with one attached hydrogen (secondary N) is 1. The van der Waals surface area contributed by atoms with Gasteiger partial charge in [0, 0.05) is 18.7 Å². The van der Waals surface area contributed by atoms with Gasteiger partial charge in [0.1, 0.15) is 5.75 Å². The van der Waals surface area contributed by atoms with Gasteiger partial charge in [-0.1, -0.05) is 23.7 Å². The van der Waals surface area contributed by atoms with Gasteiger partial charge in [-0.05, 0) is 30.2 Å². The first kappa shape index (κ1) is 16.8. The van der Waals surface area contributed by atoms with E-state index in [1.165, 1.54) is 18.2 Å². The smallest absolute Gasteiger partial charge is 0.270 e. The SMILES string of the molecule is COc1ccc(CCNC(=O)c2ccc([N+](=O)[O-])cc2Cl)cc1. The van der Waals surface area contributed by atoms with Gasteiger partial charge < -0.3 is 10.1 Å². The summed E-state index contributed by atoms with van der Waals surface area (Å²) in [6.45, 7) is 0.429. The fourth-order valence-electron chi connectivity index (χ4n) is 2.01. The van der Waals surface area contributed by atoms with Gasteiger partial charge in [-0.3, -0.25) is 14.9 Å². The van der Waals surface area contributed by atoms with E-state index in [1.54, 1.807) is 7.11 Å². The predicted molar refractivity (Wildman–Crippen MR) is 87.1 cm³/mol. The van der Waals surface area contributed by atoms with Crippen LogP contribution in [0.5, 0.6) is 5.75 Å². The zero-order chi connectivity index (χ0) is 16.8. The van der Waals surface area contributed by atoms with Crippen LogP contribution in [0.2, 0.25) is 5.02 Å². The largest absolute Gasteiger partial charge is 0.497 e. The van der Waals surface area contributed by atoms with E-state index in [1.807, 2.05) is 24.3 Å². The lowest BCUT2D eigenvalue weighted by Crippen LogP contribution is -2.26. The van der Waals surface area contributed by atoms with E-state index in [9.17, 15) is 14.9 Å². The number of halogens is 1. The van der Waals surface area contributed by atoms with Gasteiger partial charge >= 0.3 is 0 Å². The highest BCUT2D eigenvalue weighted by atomic mass is 35.5. The summed E-state index contributed by atoms with van der Waals surface area (Å²) < 4.78 is 5.08. The van der Waals surface area contributed by atoms with Crippen molar-refractivity contribution in [3.05, 3.63) is 68.7 Å². The van der Waals surface area contributed by atoms with Crippen molar-refractivity contribution in [2.45, 2.75) is 6.42 Å². The fraction of sp³-hybridized carbons (Fsp3) is 0.188. The molecule has 0 fully saturated rings. The Kier molecular flexibility index (Phi) is 5.54. The molecule has 0 aromatic heterocycles. The first-order valence-corrected chi connectivity index (χ1v) is 7.24. The van der Waals surface area contributed by atoms with E-state index in [4.69, 9.17) is 16.3 Å². The quantitative estimate of drug-likeness (QED) is 0.649. The van der Waals surface area contributed by atoms with E-state index in [-0.39, 0.29) is 22.2 Å². The number of hydrogen-bond acceptors (Lipinski definition) is 4. The lowest BCUT2D eigenvalue weighted by atomic mass is 10.1. The monoisotopic (exact) mass is 334 g/mol. The molecule has 0 spiro atoms. The predicted octanol–water partition coefficient (Wildman–Crippen LogP) is 3.23. The highest BCUT2D eigenvalue weighted by molar-refractivity contribution is 6.34. The molecule has 2 rings (SSSR count). The minimum atomic E-state index is -0.558. The molecule has 0 aliphatic heterocycles. The number of nitro benzene ring substituents is 1. The Morgan fingerprint density at radius 2 is 1.96 bits per heavy atom. The van der Waals surface area contributed by atoms with Crippen molar-refractivity contribution < 1.29 is 14.5 Å². The van der Waals surface area contributed by atoms with Gasteiger partial charge in [-0.25, -0.2) is 0 Å². The second-order valence-corrected chi connectivity index (χ2v) is 5.18. The van der Waals surface area contributed by atoms with E-state index in [0.717, 1.165) is 11.3 Å². The van der Waals surface area contributed by atoms with Crippen molar-refractivity contribution in [2.75, 3.05) is 13.7 Å². The highest BCUT2D eigenvalue weighted by Crippen LogP contribution is 2.22. The first-order chi connectivity index (χ1) is 11.0. The normalized spacial score (nSPS) is 10.2. The van der Waals surface area contributed by atoms with Crippen LogP contribution in [0, 0.1) is 10.1 Å². The molecule has 0 unspecified atom stereocenters. The number of carbonyl (C=O) groups excluding carboxylic acids is 1. The average Bonchev–Trinajstić information content (AvgIpc) is 2.55. The van der Waals surface area contributed by atoms with Gasteiger partial charge in [0.25, 0.3) is 11.6 Å². The maximum absolute atomic E-state index is 12.1. The summed E-state index contributed by atoms with van der Waals surface area (Å²) in [5.41, 5.74) is 1.12. The van der Waals surface area contributed by atoms with Gasteiger partial charge in [-0.15, -0.1) is 0 Å². The lowest BCUT2D eigenvalue weighted by molar-refractivity contribution is -0.384. The van der Waals surface area contributed by atoms with Gasteiger partial charge in [-0.2, -0.15) is 0 Å². The maximum atomic E-state index is 12.1. The van der Waals surface area contributed by atoms with Crippen LogP contribution in [0.4, 0.5) is 5.69 Å². The number of amides is 1. The van der Waals surface area contributed by atoms with Crippen LogP contribution in [0.25, 0.3) is 0 Å². The second-order valence-electron chi connectivity index (χ2n) is 4.78. The van der Waals surface area contributed by atoms with E-state index in [2.05, 4.69) is 5.32 Å². The van der Waals surface area contributed by atoms with Gasteiger partial charge in [0.05, 0.1) is 22.6 Å². The molecule has 23 heavy (non-hydrogen) atoms. The van der Waals surface area contributed by atoms with Crippen molar-refractivity contribution in [2.24, 2.45) is 0 Å². The third kappa shape index (κ3) is 4.43. The molecule has 0 atom stereocenters. The number of methoxy groups -OCH3 is 1. The third-order valence-corrected chi connectivity index (χ3v) is 3.58. The zero-order valence-electron chi connectivity index (χ0n) is 12.4. The van der Waals surface area contributed by atoms with Crippen molar-refractivity contribution in [3.63, 3.8) is 0 Å². The molecule has 6 nitrogen and oxygen atoms in total. The number of non-ortho nitro benzene ring substituents is 1. The van der Waals surface area contributed by atoms with Crippen molar-refractivity contribution in [1.82, 2.24) is 5.32 Å². The fourth-order valence-corrected chi connectivity index (χ4v) is 2.27. The Morgan fingerprint density at radius 1 is 1.26 bits per heavy atom. The number of hydrogen-bond donors (Lipinski definition) is 1. The molecule has 0 heterocycles. The van der Waals surface area contributed by atoms with Crippen LogP contribution in [-0.2, 0) is 6.42 Å². The van der Waals surface area contributed by atoms with Crippen LogP contribution >= 0.6 is 11.6 Å². The molecule has 0 bridgehead atoms. The van der Waals surface area contributed by atoms with Crippen LogP contribution in [0.3, 0.4) is 0 Å². The Labute approximate surface area is 138 Å². The summed E-state index contributed by atoms with van der Waals surface area (Å²) in [5.74, 6) is 0.411. The van der Waals surface area contributed by atoms with Gasteiger partial charge in [0.15, 0.2) is 0 Å². The molecule has 0 radical (unpaired) electrons. The van der Waals surface area contributed by atoms with Crippen molar-refractivity contribution in [1.29, 1.82) is 0 Å². The lowest BCUT2D eigenvalue weighted by Gasteiger charge is -2.07. The number of ether oxygens (including phenoxy) is 1. The van der Waals surface area contributed by atoms with E-state index in [0.29, 0.717) is 13.0 Å². The molecule has 0 aliphatic carbocycles. The molecule has 1 N–H and O–H groups in total. The summed E-state index contributed by atoms with van der Waals surface area (Å²) in [4.78, 5) is 22.1. The zero-order valence-corrected chi connectivity index (χ0v) is 13.2.